The second-order valence-electron chi connectivity index (χ2n) is 7.46. The van der Waals surface area contributed by atoms with Crippen molar-refractivity contribution >= 4 is 23.2 Å². The summed E-state index contributed by atoms with van der Waals surface area (Å²) in [6.07, 6.45) is 0. The van der Waals surface area contributed by atoms with Crippen LogP contribution in [0.1, 0.15) is 32.6 Å². The monoisotopic (exact) mass is 402 g/mol. The van der Waals surface area contributed by atoms with Gasteiger partial charge in [-0.25, -0.2) is 0 Å². The maximum absolute atomic E-state index is 12.8. The minimum Gasteiger partial charge on any atom is -0.484 e. The number of nitrogens with one attached hydrogen (secondary N) is 2. The standard InChI is InChI=1S/C25H26N2O3/c1-16-11-17(2)13-21(12-16)30-15-24(28)27-23-8-6-5-7-22(23)25(29)26-20-10-9-18(3)19(4)14-20/h5-14H,15H2,1-4H3,(H,26,29)(H,27,28). The Balaban J connectivity index is 1.67. The molecule has 5 heteroatoms. The SMILES string of the molecule is Cc1cc(C)cc(OCC(=O)Nc2ccccc2C(=O)Nc2ccc(C)c(C)c2)c1. The first-order valence-corrected chi connectivity index (χ1v) is 9.80. The molecule has 0 aliphatic carbocycles. The molecule has 3 aromatic rings. The number of hydrogen-bond donors (Lipinski definition) is 2. The van der Waals surface area contributed by atoms with Gasteiger partial charge in [-0.1, -0.05) is 24.3 Å². The van der Waals surface area contributed by atoms with Crippen molar-refractivity contribution in [1.82, 2.24) is 0 Å². The first-order chi connectivity index (χ1) is 14.3. The van der Waals surface area contributed by atoms with E-state index in [0.29, 0.717) is 22.7 Å². The van der Waals surface area contributed by atoms with Crippen molar-refractivity contribution in [2.24, 2.45) is 0 Å². The number of ether oxygens (including phenoxy) is 1. The predicted octanol–water partition coefficient (Wildman–Crippen LogP) is 5.19. The first kappa shape index (κ1) is 21.1. The van der Waals surface area contributed by atoms with Gasteiger partial charge in [0, 0.05) is 5.69 Å². The van der Waals surface area contributed by atoms with Crippen LogP contribution in [-0.2, 0) is 4.79 Å². The molecule has 0 aliphatic heterocycles. The summed E-state index contributed by atoms with van der Waals surface area (Å²) in [5.74, 6) is 0.0217. The van der Waals surface area contributed by atoms with Gasteiger partial charge in [0.25, 0.3) is 11.8 Å². The highest BCUT2D eigenvalue weighted by Crippen LogP contribution is 2.20. The van der Waals surface area contributed by atoms with Crippen LogP contribution in [0.3, 0.4) is 0 Å². The van der Waals surface area contributed by atoms with Crippen molar-refractivity contribution in [1.29, 1.82) is 0 Å². The van der Waals surface area contributed by atoms with Gasteiger partial charge in [-0.15, -0.1) is 0 Å². The molecule has 0 bridgehead atoms. The van der Waals surface area contributed by atoms with Crippen LogP contribution in [0.25, 0.3) is 0 Å². The summed E-state index contributed by atoms with van der Waals surface area (Å²) in [4.78, 5) is 25.2. The summed E-state index contributed by atoms with van der Waals surface area (Å²) in [7, 11) is 0. The van der Waals surface area contributed by atoms with E-state index in [2.05, 4.69) is 10.6 Å². The number of aryl methyl sites for hydroxylation is 4. The van der Waals surface area contributed by atoms with E-state index < -0.39 is 0 Å². The molecule has 0 radical (unpaired) electrons. The van der Waals surface area contributed by atoms with Gasteiger partial charge in [0.15, 0.2) is 6.61 Å². The molecule has 2 N–H and O–H groups in total. The Bertz CT molecular complexity index is 1070. The molecule has 0 spiro atoms. The quantitative estimate of drug-likeness (QED) is 0.596. The maximum atomic E-state index is 12.8. The van der Waals surface area contributed by atoms with Crippen molar-refractivity contribution in [3.63, 3.8) is 0 Å². The molecular formula is C25H26N2O3. The van der Waals surface area contributed by atoms with Crippen LogP contribution < -0.4 is 15.4 Å². The lowest BCUT2D eigenvalue weighted by atomic mass is 10.1. The minimum absolute atomic E-state index is 0.143. The summed E-state index contributed by atoms with van der Waals surface area (Å²) >= 11 is 0. The molecule has 2 amide bonds. The third-order valence-corrected chi connectivity index (χ3v) is 4.78. The highest BCUT2D eigenvalue weighted by atomic mass is 16.5. The fourth-order valence-corrected chi connectivity index (χ4v) is 3.16. The van der Waals surface area contributed by atoms with E-state index in [1.165, 1.54) is 0 Å². The van der Waals surface area contributed by atoms with Gasteiger partial charge in [0.2, 0.25) is 0 Å². The van der Waals surface area contributed by atoms with Crippen molar-refractivity contribution < 1.29 is 14.3 Å². The Hall–Kier alpha value is -3.60. The van der Waals surface area contributed by atoms with Crippen LogP contribution in [-0.4, -0.2) is 18.4 Å². The van der Waals surface area contributed by atoms with E-state index in [0.717, 1.165) is 22.3 Å². The molecule has 0 heterocycles. The number of hydrogen-bond acceptors (Lipinski definition) is 3. The van der Waals surface area contributed by atoms with Gasteiger partial charge >= 0.3 is 0 Å². The number of anilines is 2. The lowest BCUT2D eigenvalue weighted by Gasteiger charge is -2.13. The molecule has 30 heavy (non-hydrogen) atoms. The summed E-state index contributed by atoms with van der Waals surface area (Å²) in [6, 6.07) is 18.5. The topological polar surface area (TPSA) is 67.4 Å². The number of carbonyl (C=O) groups excluding carboxylic acids is 2. The predicted molar refractivity (Wildman–Crippen MR) is 120 cm³/mol. The summed E-state index contributed by atoms with van der Waals surface area (Å²) in [5, 5.41) is 5.66. The van der Waals surface area contributed by atoms with Gasteiger partial charge in [-0.3, -0.25) is 9.59 Å². The zero-order valence-electron chi connectivity index (χ0n) is 17.7. The number of rotatable bonds is 6. The second-order valence-corrected chi connectivity index (χ2v) is 7.46. The van der Waals surface area contributed by atoms with E-state index in [-0.39, 0.29) is 18.4 Å². The smallest absolute Gasteiger partial charge is 0.262 e. The van der Waals surface area contributed by atoms with Crippen LogP contribution in [0, 0.1) is 27.7 Å². The van der Waals surface area contributed by atoms with Crippen LogP contribution >= 0.6 is 0 Å². The third kappa shape index (κ3) is 5.47. The van der Waals surface area contributed by atoms with Gasteiger partial charge < -0.3 is 15.4 Å². The van der Waals surface area contributed by atoms with Crippen LogP contribution in [0.4, 0.5) is 11.4 Å². The number of benzene rings is 3. The molecule has 0 atom stereocenters. The fourth-order valence-electron chi connectivity index (χ4n) is 3.16. The molecule has 0 saturated carbocycles. The lowest BCUT2D eigenvalue weighted by molar-refractivity contribution is -0.118. The minimum atomic E-state index is -0.333. The maximum Gasteiger partial charge on any atom is 0.262 e. The molecule has 0 aliphatic rings. The zero-order valence-corrected chi connectivity index (χ0v) is 17.7. The number of para-hydroxylation sites is 1. The van der Waals surface area contributed by atoms with Gasteiger partial charge in [-0.2, -0.15) is 0 Å². The van der Waals surface area contributed by atoms with E-state index in [1.54, 1.807) is 24.3 Å². The van der Waals surface area contributed by atoms with Crippen molar-refractivity contribution in [2.75, 3.05) is 17.2 Å². The molecule has 0 aromatic heterocycles. The summed E-state index contributed by atoms with van der Waals surface area (Å²) in [5.41, 5.74) is 5.92. The highest BCUT2D eigenvalue weighted by molar-refractivity contribution is 6.10. The Labute approximate surface area is 177 Å². The normalized spacial score (nSPS) is 10.4. The lowest BCUT2D eigenvalue weighted by Crippen LogP contribution is -2.22. The Morgan fingerprint density at radius 2 is 1.50 bits per heavy atom. The first-order valence-electron chi connectivity index (χ1n) is 9.80. The average molecular weight is 402 g/mol. The van der Waals surface area contributed by atoms with E-state index >= 15 is 0 Å². The molecule has 154 valence electrons. The molecule has 0 saturated heterocycles. The summed E-state index contributed by atoms with van der Waals surface area (Å²) < 4.78 is 5.61. The Kier molecular flexibility index (Phi) is 6.52. The molecule has 0 unspecified atom stereocenters. The summed E-state index contributed by atoms with van der Waals surface area (Å²) in [6.45, 7) is 7.82. The van der Waals surface area contributed by atoms with Gasteiger partial charge in [0.05, 0.1) is 11.3 Å². The largest absolute Gasteiger partial charge is 0.484 e. The van der Waals surface area contributed by atoms with Crippen LogP contribution in [0.5, 0.6) is 5.75 Å². The molecule has 5 nitrogen and oxygen atoms in total. The molecule has 3 aromatic carbocycles. The third-order valence-electron chi connectivity index (χ3n) is 4.78. The Morgan fingerprint density at radius 3 is 2.20 bits per heavy atom. The van der Waals surface area contributed by atoms with E-state index in [9.17, 15) is 9.59 Å². The van der Waals surface area contributed by atoms with E-state index in [1.807, 2.05) is 64.1 Å². The number of carbonyl (C=O) groups is 2. The van der Waals surface area contributed by atoms with Crippen molar-refractivity contribution in [3.05, 3.63) is 88.5 Å². The second kappa shape index (κ2) is 9.27. The highest BCUT2D eigenvalue weighted by Gasteiger charge is 2.14. The zero-order chi connectivity index (χ0) is 21.7. The molecular weight excluding hydrogens is 376 g/mol. The van der Waals surface area contributed by atoms with Crippen LogP contribution in [0.15, 0.2) is 60.7 Å². The molecule has 3 rings (SSSR count). The van der Waals surface area contributed by atoms with E-state index in [4.69, 9.17) is 4.74 Å². The molecule has 0 fully saturated rings. The Morgan fingerprint density at radius 1 is 0.800 bits per heavy atom. The number of amides is 2. The van der Waals surface area contributed by atoms with Gasteiger partial charge in [-0.05, 0) is 86.3 Å². The fraction of sp³-hybridized carbons (Fsp3) is 0.200. The van der Waals surface area contributed by atoms with Crippen molar-refractivity contribution in [3.8, 4) is 5.75 Å². The average Bonchev–Trinajstić information content (AvgIpc) is 2.69. The van der Waals surface area contributed by atoms with Gasteiger partial charge in [0.1, 0.15) is 5.75 Å². The van der Waals surface area contributed by atoms with Crippen molar-refractivity contribution in [2.45, 2.75) is 27.7 Å². The van der Waals surface area contributed by atoms with Crippen LogP contribution in [0.2, 0.25) is 0 Å².